The molecule has 0 amide bonds. The number of ether oxygens (including phenoxy) is 1. The Bertz CT molecular complexity index is 317. The summed E-state index contributed by atoms with van der Waals surface area (Å²) < 4.78 is 50.7. The minimum atomic E-state index is -4.62. The lowest BCUT2D eigenvalue weighted by Gasteiger charge is -2.19. The number of methoxy groups -OCH3 is 1. The smallest absolute Gasteiger partial charge is 0.350 e. The van der Waals surface area contributed by atoms with Crippen LogP contribution in [0, 0.1) is 5.92 Å². The van der Waals surface area contributed by atoms with Gasteiger partial charge in [0.2, 0.25) is 0 Å². The molecule has 8 heteroatoms. The molecule has 0 rings (SSSR count). The summed E-state index contributed by atoms with van der Waals surface area (Å²) in [5, 5.41) is 0. The third-order valence-corrected chi connectivity index (χ3v) is 3.26. The molecule has 0 aliphatic rings. The summed E-state index contributed by atoms with van der Waals surface area (Å²) >= 11 is 0. The molecular weight excluding hydrogens is 232 g/mol. The van der Waals surface area contributed by atoms with E-state index < -0.39 is 27.7 Å². The second-order valence-corrected chi connectivity index (χ2v) is 5.02. The Labute approximate surface area is 87.1 Å². The number of esters is 1. The van der Waals surface area contributed by atoms with Crippen LogP contribution in [0.1, 0.15) is 6.92 Å². The Morgan fingerprint density at radius 1 is 1.47 bits per heavy atom. The molecule has 1 unspecified atom stereocenters. The first-order valence-electron chi connectivity index (χ1n) is 4.04. The standard InChI is InChI=1S/C7H13F2NO4S/c1-5(6(11)14-3)4-10(2)15(12,13)7(8)9/h5,7H,4H2,1-3H3. The van der Waals surface area contributed by atoms with Gasteiger partial charge in [0.15, 0.2) is 0 Å². The summed E-state index contributed by atoms with van der Waals surface area (Å²) in [6.07, 6.45) is 0. The van der Waals surface area contributed by atoms with Crippen LogP contribution in [0.3, 0.4) is 0 Å². The van der Waals surface area contributed by atoms with Crippen LogP contribution in [-0.4, -0.2) is 45.2 Å². The molecule has 5 nitrogen and oxygen atoms in total. The lowest BCUT2D eigenvalue weighted by Crippen LogP contribution is -2.37. The van der Waals surface area contributed by atoms with Crippen molar-refractivity contribution in [2.45, 2.75) is 12.7 Å². The first-order chi connectivity index (χ1) is 6.73. The highest BCUT2D eigenvalue weighted by Crippen LogP contribution is 2.12. The van der Waals surface area contributed by atoms with E-state index in [-0.39, 0.29) is 6.54 Å². The summed E-state index contributed by atoms with van der Waals surface area (Å²) in [6.45, 7) is 1.06. The van der Waals surface area contributed by atoms with E-state index in [0.29, 0.717) is 4.31 Å². The predicted molar refractivity (Wildman–Crippen MR) is 48.7 cm³/mol. The summed E-state index contributed by atoms with van der Waals surface area (Å²) in [4.78, 5) is 10.9. The first-order valence-corrected chi connectivity index (χ1v) is 5.55. The molecule has 0 N–H and O–H groups in total. The molecule has 15 heavy (non-hydrogen) atoms. The molecular formula is C7H13F2NO4S. The van der Waals surface area contributed by atoms with Gasteiger partial charge in [-0.1, -0.05) is 6.92 Å². The molecule has 0 radical (unpaired) electrons. The summed E-state index contributed by atoms with van der Waals surface area (Å²) in [6, 6.07) is 0. The number of sulfonamides is 1. The number of carbonyl (C=O) groups excluding carboxylic acids is 1. The number of nitrogens with zero attached hydrogens (tertiary/aromatic N) is 1. The van der Waals surface area contributed by atoms with E-state index in [1.807, 2.05) is 0 Å². The van der Waals surface area contributed by atoms with Gasteiger partial charge < -0.3 is 4.74 Å². The van der Waals surface area contributed by atoms with Crippen LogP contribution in [0.15, 0.2) is 0 Å². The number of hydrogen-bond acceptors (Lipinski definition) is 4. The van der Waals surface area contributed by atoms with Crippen molar-refractivity contribution in [3.05, 3.63) is 0 Å². The van der Waals surface area contributed by atoms with Gasteiger partial charge in [0.1, 0.15) is 0 Å². The average molecular weight is 245 g/mol. The van der Waals surface area contributed by atoms with Gasteiger partial charge in [-0.3, -0.25) is 4.79 Å². The van der Waals surface area contributed by atoms with E-state index in [1.165, 1.54) is 6.92 Å². The zero-order chi connectivity index (χ0) is 12.2. The van der Waals surface area contributed by atoms with Crippen LogP contribution in [0.5, 0.6) is 0 Å². The van der Waals surface area contributed by atoms with E-state index in [1.54, 1.807) is 0 Å². The fourth-order valence-corrected chi connectivity index (χ4v) is 1.60. The average Bonchev–Trinajstić information content (AvgIpc) is 2.15. The quantitative estimate of drug-likeness (QED) is 0.653. The van der Waals surface area contributed by atoms with Gasteiger partial charge in [-0.05, 0) is 0 Å². The Balaban J connectivity index is 4.51. The molecule has 0 aliphatic heterocycles. The summed E-state index contributed by atoms with van der Waals surface area (Å²) in [5.74, 6) is -4.91. The Morgan fingerprint density at radius 3 is 2.27 bits per heavy atom. The van der Waals surface area contributed by atoms with Gasteiger partial charge in [0.25, 0.3) is 10.0 Å². The van der Waals surface area contributed by atoms with Crippen molar-refractivity contribution >= 4 is 16.0 Å². The number of alkyl halides is 2. The zero-order valence-electron chi connectivity index (χ0n) is 8.61. The maximum Gasteiger partial charge on any atom is 0.350 e. The highest BCUT2D eigenvalue weighted by Gasteiger charge is 2.31. The number of hydrogen-bond donors (Lipinski definition) is 0. The molecule has 90 valence electrons. The third-order valence-electron chi connectivity index (χ3n) is 1.79. The highest BCUT2D eigenvalue weighted by molar-refractivity contribution is 7.89. The molecule has 0 spiro atoms. The molecule has 0 saturated heterocycles. The lowest BCUT2D eigenvalue weighted by molar-refractivity contribution is -0.145. The predicted octanol–water partition coefficient (Wildman–Crippen LogP) is 0.280. The molecule has 0 heterocycles. The van der Waals surface area contributed by atoms with E-state index in [4.69, 9.17) is 0 Å². The molecule has 0 saturated carbocycles. The number of halogens is 2. The summed E-state index contributed by atoms with van der Waals surface area (Å²) in [5.41, 5.74) is 0. The van der Waals surface area contributed by atoms with Crippen molar-refractivity contribution in [2.75, 3.05) is 20.7 Å². The SMILES string of the molecule is COC(=O)C(C)CN(C)S(=O)(=O)C(F)F. The van der Waals surface area contributed by atoms with E-state index >= 15 is 0 Å². The van der Waals surface area contributed by atoms with Crippen molar-refractivity contribution in [3.8, 4) is 0 Å². The maximum absolute atomic E-state index is 12.1. The van der Waals surface area contributed by atoms with E-state index in [9.17, 15) is 22.0 Å². The zero-order valence-corrected chi connectivity index (χ0v) is 9.42. The van der Waals surface area contributed by atoms with Gasteiger partial charge in [0, 0.05) is 13.6 Å². The maximum atomic E-state index is 12.1. The molecule has 1 atom stereocenters. The molecule has 0 bridgehead atoms. The van der Waals surface area contributed by atoms with Crippen LogP contribution in [-0.2, 0) is 19.6 Å². The fraction of sp³-hybridized carbons (Fsp3) is 0.857. The number of rotatable bonds is 5. The highest BCUT2D eigenvalue weighted by atomic mass is 32.2. The third kappa shape index (κ3) is 3.71. The second-order valence-electron chi connectivity index (χ2n) is 3.01. The molecule has 0 aromatic heterocycles. The minimum Gasteiger partial charge on any atom is -0.469 e. The fourth-order valence-electron chi connectivity index (χ4n) is 0.901. The van der Waals surface area contributed by atoms with Gasteiger partial charge in [-0.2, -0.15) is 13.1 Å². The van der Waals surface area contributed by atoms with Gasteiger partial charge in [0.05, 0.1) is 13.0 Å². The normalized spacial score (nSPS) is 14.3. The Hall–Kier alpha value is -0.760. The Morgan fingerprint density at radius 2 is 1.93 bits per heavy atom. The van der Waals surface area contributed by atoms with Crippen LogP contribution >= 0.6 is 0 Å². The largest absolute Gasteiger partial charge is 0.469 e. The van der Waals surface area contributed by atoms with Gasteiger partial charge in [-0.15, -0.1) is 0 Å². The van der Waals surface area contributed by atoms with Crippen molar-refractivity contribution in [3.63, 3.8) is 0 Å². The summed E-state index contributed by atoms with van der Waals surface area (Å²) in [7, 11) is -2.50. The van der Waals surface area contributed by atoms with Crippen molar-refractivity contribution in [1.29, 1.82) is 0 Å². The molecule has 0 aromatic rings. The minimum absolute atomic E-state index is 0.334. The Kier molecular flexibility index (Phi) is 5.09. The molecule has 0 fully saturated rings. The van der Waals surface area contributed by atoms with Crippen LogP contribution in [0.4, 0.5) is 8.78 Å². The second kappa shape index (κ2) is 5.36. The van der Waals surface area contributed by atoms with E-state index in [2.05, 4.69) is 4.74 Å². The van der Waals surface area contributed by atoms with Crippen LogP contribution in [0.25, 0.3) is 0 Å². The monoisotopic (exact) mass is 245 g/mol. The molecule has 0 aromatic carbocycles. The molecule has 0 aliphatic carbocycles. The first kappa shape index (κ1) is 14.2. The topological polar surface area (TPSA) is 63.7 Å². The van der Waals surface area contributed by atoms with E-state index in [0.717, 1.165) is 14.2 Å². The lowest BCUT2D eigenvalue weighted by atomic mass is 10.2. The van der Waals surface area contributed by atoms with Crippen molar-refractivity contribution in [2.24, 2.45) is 5.92 Å². The van der Waals surface area contributed by atoms with Crippen LogP contribution < -0.4 is 0 Å². The van der Waals surface area contributed by atoms with Crippen molar-refractivity contribution in [1.82, 2.24) is 4.31 Å². The van der Waals surface area contributed by atoms with Gasteiger partial charge >= 0.3 is 11.7 Å². The van der Waals surface area contributed by atoms with Crippen LogP contribution in [0.2, 0.25) is 0 Å². The van der Waals surface area contributed by atoms with Crippen molar-refractivity contribution < 1.29 is 26.7 Å². The number of carbonyl (C=O) groups is 1. The van der Waals surface area contributed by atoms with Gasteiger partial charge in [-0.25, -0.2) is 8.42 Å².